The SMILES string of the molecule is O=S(=O)(c1cccs1)N1CCCC(c2nc(CCOCC3CCOCC3)no2)C1. The van der Waals surface area contributed by atoms with Crippen molar-refractivity contribution in [1.29, 1.82) is 0 Å². The molecule has 0 radical (unpaired) electrons. The topological polar surface area (TPSA) is 94.8 Å². The summed E-state index contributed by atoms with van der Waals surface area (Å²) >= 11 is 1.24. The van der Waals surface area contributed by atoms with Gasteiger partial charge in [0.15, 0.2) is 5.82 Å². The number of hydrogen-bond donors (Lipinski definition) is 0. The number of ether oxygens (including phenoxy) is 2. The molecule has 0 aliphatic carbocycles. The summed E-state index contributed by atoms with van der Waals surface area (Å²) in [4.78, 5) is 4.50. The van der Waals surface area contributed by atoms with Gasteiger partial charge in [-0.15, -0.1) is 11.3 Å². The van der Waals surface area contributed by atoms with Crippen molar-refractivity contribution in [2.24, 2.45) is 5.92 Å². The number of aromatic nitrogens is 2. The van der Waals surface area contributed by atoms with Crippen LogP contribution in [0.4, 0.5) is 0 Å². The summed E-state index contributed by atoms with van der Waals surface area (Å²) in [6.45, 7) is 3.84. The van der Waals surface area contributed by atoms with Gasteiger partial charge in [0.1, 0.15) is 4.21 Å². The minimum atomic E-state index is -3.45. The van der Waals surface area contributed by atoms with Crippen LogP contribution in [-0.2, 0) is 25.9 Å². The fourth-order valence-electron chi connectivity index (χ4n) is 3.76. The van der Waals surface area contributed by atoms with Crippen LogP contribution in [0.15, 0.2) is 26.2 Å². The van der Waals surface area contributed by atoms with E-state index >= 15 is 0 Å². The summed E-state index contributed by atoms with van der Waals surface area (Å²) in [6.07, 6.45) is 4.33. The van der Waals surface area contributed by atoms with E-state index in [9.17, 15) is 8.42 Å². The highest BCUT2D eigenvalue weighted by Crippen LogP contribution is 2.30. The highest BCUT2D eigenvalue weighted by atomic mass is 32.2. The standard InChI is InChI=1S/C19H27N3O5S2/c23-29(24,18-4-2-12-28-18)22-8-1-3-16(13-22)19-20-17(21-27-19)7-11-26-14-15-5-9-25-10-6-15/h2,4,12,15-16H,1,3,5-11,13-14H2. The number of rotatable bonds is 8. The van der Waals surface area contributed by atoms with Crippen LogP contribution in [0, 0.1) is 5.92 Å². The fraction of sp³-hybridized carbons (Fsp3) is 0.684. The predicted molar refractivity (Wildman–Crippen MR) is 107 cm³/mol. The van der Waals surface area contributed by atoms with E-state index in [1.54, 1.807) is 17.5 Å². The van der Waals surface area contributed by atoms with Crippen molar-refractivity contribution in [1.82, 2.24) is 14.4 Å². The van der Waals surface area contributed by atoms with Gasteiger partial charge in [0.2, 0.25) is 5.89 Å². The van der Waals surface area contributed by atoms with Gasteiger partial charge in [-0.25, -0.2) is 8.42 Å². The van der Waals surface area contributed by atoms with Gasteiger partial charge < -0.3 is 14.0 Å². The molecule has 29 heavy (non-hydrogen) atoms. The molecule has 2 fully saturated rings. The molecule has 2 aliphatic heterocycles. The van der Waals surface area contributed by atoms with Crippen molar-refractivity contribution in [3.8, 4) is 0 Å². The third kappa shape index (κ3) is 5.24. The lowest BCUT2D eigenvalue weighted by molar-refractivity contribution is 0.0211. The van der Waals surface area contributed by atoms with Crippen LogP contribution in [0.2, 0.25) is 0 Å². The molecule has 4 heterocycles. The monoisotopic (exact) mass is 441 g/mol. The first-order valence-corrected chi connectivity index (χ1v) is 12.5. The summed E-state index contributed by atoms with van der Waals surface area (Å²) in [5.74, 6) is 1.65. The third-order valence-corrected chi connectivity index (χ3v) is 8.71. The van der Waals surface area contributed by atoms with Crippen LogP contribution >= 0.6 is 11.3 Å². The average molecular weight is 442 g/mol. The molecule has 2 saturated heterocycles. The number of thiophene rings is 1. The first-order valence-electron chi connectivity index (χ1n) is 10.1. The maximum atomic E-state index is 12.8. The first kappa shape index (κ1) is 20.9. The number of piperidine rings is 1. The fourth-order valence-corrected chi connectivity index (χ4v) is 6.43. The Hall–Kier alpha value is -1.33. The zero-order chi connectivity index (χ0) is 20.1. The Bertz CT molecular complexity index is 862. The second-order valence-electron chi connectivity index (χ2n) is 7.56. The van der Waals surface area contributed by atoms with Gasteiger partial charge in [-0.05, 0) is 43.0 Å². The zero-order valence-electron chi connectivity index (χ0n) is 16.4. The largest absolute Gasteiger partial charge is 0.381 e. The van der Waals surface area contributed by atoms with Crippen molar-refractivity contribution in [2.75, 3.05) is 39.5 Å². The van der Waals surface area contributed by atoms with Crippen LogP contribution in [0.1, 0.15) is 43.3 Å². The predicted octanol–water partition coefficient (Wildman–Crippen LogP) is 2.69. The van der Waals surface area contributed by atoms with Gasteiger partial charge in [-0.2, -0.15) is 9.29 Å². The lowest BCUT2D eigenvalue weighted by Crippen LogP contribution is -2.38. The molecule has 1 unspecified atom stereocenters. The molecule has 160 valence electrons. The van der Waals surface area contributed by atoms with Crippen molar-refractivity contribution < 1.29 is 22.4 Å². The molecule has 0 amide bonds. The smallest absolute Gasteiger partial charge is 0.252 e. The molecule has 0 spiro atoms. The highest BCUT2D eigenvalue weighted by Gasteiger charge is 2.33. The van der Waals surface area contributed by atoms with Gasteiger partial charge in [-0.1, -0.05) is 11.2 Å². The minimum Gasteiger partial charge on any atom is -0.381 e. The van der Waals surface area contributed by atoms with Gasteiger partial charge in [0, 0.05) is 39.3 Å². The van der Waals surface area contributed by atoms with Crippen molar-refractivity contribution in [2.45, 2.75) is 42.2 Å². The average Bonchev–Trinajstić information content (AvgIpc) is 3.45. The van der Waals surface area contributed by atoms with Crippen LogP contribution < -0.4 is 0 Å². The maximum Gasteiger partial charge on any atom is 0.252 e. The Labute approximate surface area is 175 Å². The maximum absolute atomic E-state index is 12.8. The van der Waals surface area contributed by atoms with E-state index < -0.39 is 10.0 Å². The molecule has 4 rings (SSSR count). The summed E-state index contributed by atoms with van der Waals surface area (Å²) in [7, 11) is -3.45. The summed E-state index contributed by atoms with van der Waals surface area (Å²) in [6, 6.07) is 3.40. The molecular formula is C19H27N3O5S2. The number of nitrogens with zero attached hydrogens (tertiary/aromatic N) is 3. The van der Waals surface area contributed by atoms with E-state index in [4.69, 9.17) is 14.0 Å². The van der Waals surface area contributed by atoms with E-state index in [1.807, 2.05) is 0 Å². The summed E-state index contributed by atoms with van der Waals surface area (Å²) in [5.41, 5.74) is 0. The third-order valence-electron chi connectivity index (χ3n) is 5.47. The minimum absolute atomic E-state index is 0.0668. The normalized spacial score (nSPS) is 22.1. The molecule has 0 N–H and O–H groups in total. The summed E-state index contributed by atoms with van der Waals surface area (Å²) in [5, 5.41) is 5.84. The molecule has 0 saturated carbocycles. The molecule has 2 aromatic rings. The Morgan fingerprint density at radius 1 is 1.28 bits per heavy atom. The second-order valence-corrected chi connectivity index (χ2v) is 10.7. The van der Waals surface area contributed by atoms with Crippen LogP contribution in [0.5, 0.6) is 0 Å². The van der Waals surface area contributed by atoms with E-state index in [1.165, 1.54) is 15.6 Å². The highest BCUT2D eigenvalue weighted by molar-refractivity contribution is 7.91. The molecule has 0 aromatic carbocycles. The van der Waals surface area contributed by atoms with Crippen molar-refractivity contribution >= 4 is 21.4 Å². The first-order chi connectivity index (χ1) is 14.1. The van der Waals surface area contributed by atoms with E-state index in [0.717, 1.165) is 45.5 Å². The lowest BCUT2D eigenvalue weighted by atomic mass is 10.00. The van der Waals surface area contributed by atoms with Crippen LogP contribution in [-0.4, -0.2) is 62.4 Å². The zero-order valence-corrected chi connectivity index (χ0v) is 18.0. The molecular weight excluding hydrogens is 414 g/mol. The van der Waals surface area contributed by atoms with Crippen LogP contribution in [0.25, 0.3) is 0 Å². The van der Waals surface area contributed by atoms with Crippen molar-refractivity contribution in [3.05, 3.63) is 29.2 Å². The Morgan fingerprint density at radius 3 is 2.93 bits per heavy atom. The number of sulfonamides is 1. The Morgan fingerprint density at radius 2 is 2.14 bits per heavy atom. The quantitative estimate of drug-likeness (QED) is 0.581. The Balaban J connectivity index is 1.28. The van der Waals surface area contributed by atoms with E-state index in [0.29, 0.717) is 48.0 Å². The van der Waals surface area contributed by atoms with Gasteiger partial charge in [0.25, 0.3) is 10.0 Å². The Kier molecular flexibility index (Phi) is 6.96. The molecule has 10 heteroatoms. The van der Waals surface area contributed by atoms with E-state index in [-0.39, 0.29) is 5.92 Å². The van der Waals surface area contributed by atoms with Gasteiger partial charge >= 0.3 is 0 Å². The molecule has 2 aromatic heterocycles. The molecule has 1 atom stereocenters. The molecule has 0 bridgehead atoms. The lowest BCUT2D eigenvalue weighted by Gasteiger charge is -2.29. The van der Waals surface area contributed by atoms with Gasteiger partial charge in [0.05, 0.1) is 12.5 Å². The molecule has 2 aliphatic rings. The van der Waals surface area contributed by atoms with Crippen molar-refractivity contribution in [3.63, 3.8) is 0 Å². The molecule has 8 nitrogen and oxygen atoms in total. The van der Waals surface area contributed by atoms with Gasteiger partial charge in [-0.3, -0.25) is 0 Å². The second kappa shape index (κ2) is 9.65. The van der Waals surface area contributed by atoms with E-state index in [2.05, 4.69) is 10.1 Å². The summed E-state index contributed by atoms with van der Waals surface area (Å²) < 4.78 is 44.1. The number of hydrogen-bond acceptors (Lipinski definition) is 8. The van der Waals surface area contributed by atoms with Crippen LogP contribution in [0.3, 0.4) is 0 Å².